The molecular formula is C8H17NO3. The van der Waals surface area contributed by atoms with Crippen molar-refractivity contribution in [1.82, 2.24) is 5.32 Å². The summed E-state index contributed by atoms with van der Waals surface area (Å²) in [6.45, 7) is 1.98. The Kier molecular flexibility index (Phi) is 3.46. The molecule has 4 atom stereocenters. The van der Waals surface area contributed by atoms with E-state index in [4.69, 9.17) is 9.84 Å². The molecule has 1 aliphatic rings. The van der Waals surface area contributed by atoms with E-state index >= 15 is 0 Å². The van der Waals surface area contributed by atoms with Crippen molar-refractivity contribution in [2.75, 3.05) is 13.7 Å². The third-order valence-corrected chi connectivity index (χ3v) is 2.48. The topological polar surface area (TPSA) is 61.7 Å². The van der Waals surface area contributed by atoms with E-state index in [0.717, 1.165) is 6.42 Å². The molecule has 72 valence electrons. The number of methoxy groups -OCH3 is 1. The van der Waals surface area contributed by atoms with Gasteiger partial charge in [-0.1, -0.05) is 6.92 Å². The van der Waals surface area contributed by atoms with Crippen molar-refractivity contribution in [3.8, 4) is 0 Å². The average Bonchev–Trinajstić information content (AvgIpc) is 2.41. The Balaban J connectivity index is 2.58. The smallest absolute Gasteiger partial charge is 0.0998 e. The minimum atomic E-state index is -0.593. The van der Waals surface area contributed by atoms with Gasteiger partial charge in [-0.05, 0) is 6.42 Å². The molecule has 4 heteroatoms. The van der Waals surface area contributed by atoms with Gasteiger partial charge in [0.05, 0.1) is 24.9 Å². The summed E-state index contributed by atoms with van der Waals surface area (Å²) >= 11 is 0. The lowest BCUT2D eigenvalue weighted by Gasteiger charge is -2.18. The number of nitrogens with one attached hydrogen (secondary N) is 1. The predicted octanol–water partition coefficient (Wildman–Crippen LogP) is -0.895. The van der Waals surface area contributed by atoms with Gasteiger partial charge in [-0.15, -0.1) is 0 Å². The first-order valence-electron chi connectivity index (χ1n) is 4.32. The summed E-state index contributed by atoms with van der Waals surface area (Å²) in [5, 5.41) is 21.6. The third kappa shape index (κ3) is 1.61. The van der Waals surface area contributed by atoms with Gasteiger partial charge in [-0.3, -0.25) is 0 Å². The van der Waals surface area contributed by atoms with Crippen LogP contribution in [0.2, 0.25) is 0 Å². The molecule has 0 aromatic rings. The van der Waals surface area contributed by atoms with Crippen LogP contribution >= 0.6 is 0 Å². The van der Waals surface area contributed by atoms with E-state index in [2.05, 4.69) is 5.32 Å². The maximum atomic E-state index is 9.60. The van der Waals surface area contributed by atoms with Gasteiger partial charge in [0.1, 0.15) is 0 Å². The van der Waals surface area contributed by atoms with Crippen LogP contribution in [0.3, 0.4) is 0 Å². The lowest BCUT2D eigenvalue weighted by atomic mass is 10.1. The first-order valence-corrected chi connectivity index (χ1v) is 4.32. The lowest BCUT2D eigenvalue weighted by Crippen LogP contribution is -2.36. The molecule has 4 nitrogen and oxygen atoms in total. The molecule has 0 aliphatic carbocycles. The number of ether oxygens (including phenoxy) is 1. The highest BCUT2D eigenvalue weighted by Gasteiger charge is 2.40. The second-order valence-corrected chi connectivity index (χ2v) is 3.16. The Morgan fingerprint density at radius 3 is 2.42 bits per heavy atom. The van der Waals surface area contributed by atoms with E-state index in [0.29, 0.717) is 0 Å². The van der Waals surface area contributed by atoms with Crippen molar-refractivity contribution in [2.45, 2.75) is 37.6 Å². The summed E-state index contributed by atoms with van der Waals surface area (Å²) in [7, 11) is 1.58. The normalized spacial score (nSPS) is 42.0. The zero-order chi connectivity index (χ0) is 9.14. The van der Waals surface area contributed by atoms with E-state index < -0.39 is 6.10 Å². The predicted molar refractivity (Wildman–Crippen MR) is 44.9 cm³/mol. The zero-order valence-electron chi connectivity index (χ0n) is 7.53. The lowest BCUT2D eigenvalue weighted by molar-refractivity contribution is -0.00957. The molecule has 0 aromatic carbocycles. The fraction of sp³-hybridized carbons (Fsp3) is 1.00. The summed E-state index contributed by atoms with van der Waals surface area (Å²) in [6, 6.07) is -0.0814. The Bertz CT molecular complexity index is 140. The van der Waals surface area contributed by atoms with Crippen molar-refractivity contribution < 1.29 is 14.9 Å². The van der Waals surface area contributed by atoms with Crippen LogP contribution in [-0.4, -0.2) is 48.2 Å². The Morgan fingerprint density at radius 1 is 1.42 bits per heavy atom. The summed E-state index contributed by atoms with van der Waals surface area (Å²) in [5.74, 6) is 0. The van der Waals surface area contributed by atoms with Gasteiger partial charge in [0.2, 0.25) is 0 Å². The van der Waals surface area contributed by atoms with E-state index in [1.54, 1.807) is 7.11 Å². The van der Waals surface area contributed by atoms with E-state index in [-0.39, 0.29) is 24.8 Å². The molecule has 1 fully saturated rings. The number of hydrogen-bond donors (Lipinski definition) is 3. The quantitative estimate of drug-likeness (QED) is 0.520. The summed E-state index contributed by atoms with van der Waals surface area (Å²) in [6.07, 6.45) is 0.114. The SMILES string of the molecule is CC[C@@H]1N[C@H](CO)[C@H](O)[C@H]1OC. The Hall–Kier alpha value is -0.160. The maximum Gasteiger partial charge on any atom is 0.0998 e. The molecule has 1 rings (SSSR count). The van der Waals surface area contributed by atoms with E-state index in [9.17, 15) is 5.11 Å². The molecule has 12 heavy (non-hydrogen) atoms. The minimum absolute atomic E-state index is 0.0441. The Morgan fingerprint density at radius 2 is 2.08 bits per heavy atom. The van der Waals surface area contributed by atoms with Crippen molar-refractivity contribution in [3.05, 3.63) is 0 Å². The van der Waals surface area contributed by atoms with E-state index in [1.807, 2.05) is 6.92 Å². The first-order chi connectivity index (χ1) is 5.74. The first kappa shape index (κ1) is 9.92. The van der Waals surface area contributed by atoms with Gasteiger partial charge in [0.15, 0.2) is 0 Å². The number of aliphatic hydroxyl groups is 2. The van der Waals surface area contributed by atoms with E-state index in [1.165, 1.54) is 0 Å². The second kappa shape index (κ2) is 4.18. The molecule has 1 saturated heterocycles. The molecule has 0 radical (unpaired) electrons. The molecule has 0 unspecified atom stereocenters. The molecule has 0 aromatic heterocycles. The van der Waals surface area contributed by atoms with Crippen LogP contribution < -0.4 is 5.32 Å². The molecule has 0 saturated carbocycles. The number of rotatable bonds is 3. The van der Waals surface area contributed by atoms with Crippen LogP contribution in [-0.2, 0) is 4.74 Å². The van der Waals surface area contributed by atoms with Gasteiger partial charge >= 0.3 is 0 Å². The fourth-order valence-electron chi connectivity index (χ4n) is 1.75. The van der Waals surface area contributed by atoms with Crippen molar-refractivity contribution in [3.63, 3.8) is 0 Å². The molecule has 0 bridgehead atoms. The Labute approximate surface area is 72.5 Å². The van der Waals surface area contributed by atoms with Gasteiger partial charge in [0.25, 0.3) is 0 Å². The fourth-order valence-corrected chi connectivity index (χ4v) is 1.75. The van der Waals surface area contributed by atoms with Crippen LogP contribution in [0.25, 0.3) is 0 Å². The standard InChI is InChI=1S/C8H17NO3/c1-3-5-8(12-2)7(11)6(4-10)9-5/h5-11H,3-4H2,1-2H3/t5-,6+,7-,8-/m0/s1. The van der Waals surface area contributed by atoms with Crippen LogP contribution in [0.15, 0.2) is 0 Å². The molecule has 3 N–H and O–H groups in total. The van der Waals surface area contributed by atoms with Crippen LogP contribution in [0, 0.1) is 0 Å². The van der Waals surface area contributed by atoms with Crippen molar-refractivity contribution in [2.24, 2.45) is 0 Å². The second-order valence-electron chi connectivity index (χ2n) is 3.16. The molecule has 0 amide bonds. The summed E-state index contributed by atoms with van der Waals surface area (Å²) in [4.78, 5) is 0. The van der Waals surface area contributed by atoms with Gasteiger partial charge in [-0.25, -0.2) is 0 Å². The van der Waals surface area contributed by atoms with Gasteiger partial charge in [-0.2, -0.15) is 0 Å². The third-order valence-electron chi connectivity index (χ3n) is 2.48. The average molecular weight is 175 g/mol. The molecule has 1 heterocycles. The van der Waals surface area contributed by atoms with Crippen LogP contribution in [0.1, 0.15) is 13.3 Å². The molecule has 0 spiro atoms. The summed E-state index contributed by atoms with van der Waals surface area (Å²) < 4.78 is 5.14. The highest BCUT2D eigenvalue weighted by molar-refractivity contribution is 4.98. The number of aliphatic hydroxyl groups excluding tert-OH is 2. The van der Waals surface area contributed by atoms with Crippen molar-refractivity contribution >= 4 is 0 Å². The highest BCUT2D eigenvalue weighted by Crippen LogP contribution is 2.18. The zero-order valence-corrected chi connectivity index (χ0v) is 7.53. The van der Waals surface area contributed by atoms with Crippen molar-refractivity contribution in [1.29, 1.82) is 0 Å². The largest absolute Gasteiger partial charge is 0.395 e. The van der Waals surface area contributed by atoms with Crippen LogP contribution in [0.5, 0.6) is 0 Å². The van der Waals surface area contributed by atoms with Gasteiger partial charge < -0.3 is 20.3 Å². The monoisotopic (exact) mass is 175 g/mol. The highest BCUT2D eigenvalue weighted by atomic mass is 16.5. The van der Waals surface area contributed by atoms with Gasteiger partial charge in [0, 0.05) is 13.2 Å². The minimum Gasteiger partial charge on any atom is -0.395 e. The summed E-state index contributed by atoms with van der Waals surface area (Å²) in [5.41, 5.74) is 0. The molecular weight excluding hydrogens is 158 g/mol. The van der Waals surface area contributed by atoms with Crippen LogP contribution in [0.4, 0.5) is 0 Å². The molecule has 1 aliphatic heterocycles. The number of hydrogen-bond acceptors (Lipinski definition) is 4. The maximum absolute atomic E-state index is 9.60.